The lowest BCUT2D eigenvalue weighted by atomic mass is 10.0. The maximum Gasteiger partial charge on any atom is 0.194 e. The molecule has 0 saturated carbocycles. The number of carbonyl (C=O) groups excluding carboxylic acids is 1. The van der Waals surface area contributed by atoms with Crippen LogP contribution in [-0.2, 0) is 0 Å². The zero-order valence-corrected chi connectivity index (χ0v) is 11.5. The smallest absolute Gasteiger partial charge is 0.194 e. The monoisotopic (exact) mass is 272 g/mol. The molecule has 0 fully saturated rings. The van der Waals surface area contributed by atoms with Crippen molar-refractivity contribution in [1.82, 2.24) is 0 Å². The first kappa shape index (κ1) is 14.2. The molecule has 21 heavy (non-hydrogen) atoms. The molecule has 3 nitrogen and oxygen atoms in total. The van der Waals surface area contributed by atoms with Crippen LogP contribution in [-0.4, -0.2) is 5.78 Å². The quantitative estimate of drug-likeness (QED) is 0.533. The molecule has 0 N–H and O–H groups in total. The highest BCUT2D eigenvalue weighted by molar-refractivity contribution is 6.27. The van der Waals surface area contributed by atoms with Crippen molar-refractivity contribution in [3.05, 3.63) is 76.9 Å². The summed E-state index contributed by atoms with van der Waals surface area (Å²) in [6, 6.07) is 18.1. The van der Waals surface area contributed by atoms with Crippen LogP contribution >= 0.6 is 0 Å². The summed E-state index contributed by atoms with van der Waals surface area (Å²) >= 11 is 0. The average molecular weight is 272 g/mol. The molecule has 2 rings (SSSR count). The molecule has 0 spiro atoms. The highest BCUT2D eigenvalue weighted by Gasteiger charge is 2.30. The Morgan fingerprint density at radius 1 is 0.952 bits per heavy atom. The largest absolute Gasteiger partial charge is 0.289 e. The number of ketones is 1. The van der Waals surface area contributed by atoms with Gasteiger partial charge in [-0.3, -0.25) is 4.79 Å². The van der Waals surface area contributed by atoms with Gasteiger partial charge in [0.1, 0.15) is 17.7 Å². The van der Waals surface area contributed by atoms with Crippen LogP contribution in [0.3, 0.4) is 0 Å². The fraction of sp³-hybridized carbons (Fsp3) is 0.0556. The molecule has 0 atom stereocenters. The Morgan fingerprint density at radius 3 is 2.00 bits per heavy atom. The van der Waals surface area contributed by atoms with Gasteiger partial charge in [0.05, 0.1) is 0 Å². The van der Waals surface area contributed by atoms with Gasteiger partial charge < -0.3 is 0 Å². The zero-order valence-electron chi connectivity index (χ0n) is 11.5. The van der Waals surface area contributed by atoms with E-state index in [1.54, 1.807) is 37.3 Å². The van der Waals surface area contributed by atoms with E-state index >= 15 is 0 Å². The first-order valence-corrected chi connectivity index (χ1v) is 6.43. The summed E-state index contributed by atoms with van der Waals surface area (Å²) in [5, 5.41) is 18.3. The van der Waals surface area contributed by atoms with Gasteiger partial charge >= 0.3 is 0 Å². The lowest BCUT2D eigenvalue weighted by Gasteiger charge is -1.99. The van der Waals surface area contributed by atoms with Crippen LogP contribution in [0.15, 0.2) is 65.8 Å². The van der Waals surface area contributed by atoms with Crippen molar-refractivity contribution in [3.8, 4) is 12.1 Å². The summed E-state index contributed by atoms with van der Waals surface area (Å²) in [7, 11) is 0. The third kappa shape index (κ3) is 2.59. The van der Waals surface area contributed by atoms with E-state index in [1.165, 1.54) is 0 Å². The van der Waals surface area contributed by atoms with Crippen molar-refractivity contribution in [1.29, 1.82) is 10.5 Å². The molecule has 1 aromatic carbocycles. The Balaban J connectivity index is 2.94. The second-order valence-electron chi connectivity index (χ2n) is 4.32. The maximum absolute atomic E-state index is 12.5. The van der Waals surface area contributed by atoms with Gasteiger partial charge in [-0.2, -0.15) is 10.5 Å². The average Bonchev–Trinajstić information content (AvgIpc) is 2.77. The Morgan fingerprint density at radius 2 is 1.48 bits per heavy atom. The van der Waals surface area contributed by atoms with Gasteiger partial charge in [-0.1, -0.05) is 54.6 Å². The summed E-state index contributed by atoms with van der Waals surface area (Å²) in [6.45, 7) is 1.73. The summed E-state index contributed by atoms with van der Waals surface area (Å²) in [5.41, 5.74) is 1.89. The molecule has 1 aromatic rings. The first-order chi connectivity index (χ1) is 10.2. The molecule has 3 heteroatoms. The van der Waals surface area contributed by atoms with Crippen LogP contribution in [0.2, 0.25) is 0 Å². The standard InChI is InChI=1S/C18H12N2O/c1-2-14-17(13(11-19)12-20)15-9-7-5-3-4-6-8-10-16(15)18(14)21/h2-10H,1H3/b4-3?,5-3?,6-4?,7-5?,8-6?,9-7?,10-8?,14-2-,15-9?,16-10?. The molecule has 0 unspecified atom stereocenters. The van der Waals surface area contributed by atoms with E-state index < -0.39 is 0 Å². The number of Topliss-reactive ketones (excluding diaryl/α,β-unsaturated/α-hetero) is 1. The fourth-order valence-corrected chi connectivity index (χ4v) is 2.24. The van der Waals surface area contributed by atoms with Crippen molar-refractivity contribution in [2.24, 2.45) is 0 Å². The fourth-order valence-electron chi connectivity index (χ4n) is 2.24. The van der Waals surface area contributed by atoms with Gasteiger partial charge in [-0.15, -0.1) is 0 Å². The molecule has 0 heterocycles. The topological polar surface area (TPSA) is 64.7 Å². The maximum atomic E-state index is 12.5. The van der Waals surface area contributed by atoms with E-state index in [0.717, 1.165) is 0 Å². The van der Waals surface area contributed by atoms with Gasteiger partial charge in [-0.05, 0) is 12.5 Å². The summed E-state index contributed by atoms with van der Waals surface area (Å²) in [4.78, 5) is 12.5. The third-order valence-electron chi connectivity index (χ3n) is 3.16. The van der Waals surface area contributed by atoms with Crippen LogP contribution in [0, 0.1) is 22.7 Å². The van der Waals surface area contributed by atoms with Crippen LogP contribution in [0.25, 0.3) is 5.57 Å². The third-order valence-corrected chi connectivity index (χ3v) is 3.16. The molecule has 0 radical (unpaired) electrons. The van der Waals surface area contributed by atoms with Crippen molar-refractivity contribution >= 4 is 11.4 Å². The van der Waals surface area contributed by atoms with Crippen LogP contribution in [0.5, 0.6) is 0 Å². The van der Waals surface area contributed by atoms with Gasteiger partial charge in [0.15, 0.2) is 5.78 Å². The summed E-state index contributed by atoms with van der Waals surface area (Å²) in [5.74, 6) is -0.163. The first-order valence-electron chi connectivity index (χ1n) is 6.43. The van der Waals surface area contributed by atoms with Gasteiger partial charge in [0.25, 0.3) is 0 Å². The molecule has 100 valence electrons. The highest BCUT2D eigenvalue weighted by Crippen LogP contribution is 2.37. The van der Waals surface area contributed by atoms with Crippen molar-refractivity contribution in [2.75, 3.05) is 0 Å². The number of nitriles is 2. The number of fused-ring (bicyclic) bond motifs is 1. The predicted molar refractivity (Wildman–Crippen MR) is 80.3 cm³/mol. The molecular weight excluding hydrogens is 260 g/mol. The number of hydrogen-bond acceptors (Lipinski definition) is 3. The van der Waals surface area contributed by atoms with E-state index in [0.29, 0.717) is 22.3 Å². The number of carbonyl (C=O) groups is 1. The second kappa shape index (κ2) is 6.32. The lowest BCUT2D eigenvalue weighted by Crippen LogP contribution is -1.94. The molecule has 0 aliphatic heterocycles. The Hall–Kier alpha value is -3.17. The van der Waals surface area contributed by atoms with Crippen molar-refractivity contribution in [2.45, 2.75) is 6.92 Å². The normalized spacial score (nSPS) is 14.0. The van der Waals surface area contributed by atoms with E-state index in [2.05, 4.69) is 0 Å². The molecule has 0 saturated heterocycles. The van der Waals surface area contributed by atoms with Gasteiger partial charge in [0, 0.05) is 16.7 Å². The van der Waals surface area contributed by atoms with Crippen LogP contribution < -0.4 is 0 Å². The predicted octanol–water partition coefficient (Wildman–Crippen LogP) is 3.75. The SMILES string of the molecule is C/C=C1\C(=O)c2ccccccccc2C1=C(C#N)C#N. The molecule has 1 aliphatic carbocycles. The summed E-state index contributed by atoms with van der Waals surface area (Å²) in [6.07, 6.45) is 1.65. The molecule has 0 aromatic heterocycles. The zero-order chi connectivity index (χ0) is 15.2. The number of rotatable bonds is 0. The van der Waals surface area contributed by atoms with E-state index in [9.17, 15) is 4.79 Å². The Bertz CT molecular complexity index is 784. The molecule has 0 amide bonds. The van der Waals surface area contributed by atoms with Gasteiger partial charge in [-0.25, -0.2) is 0 Å². The van der Waals surface area contributed by atoms with Crippen molar-refractivity contribution in [3.63, 3.8) is 0 Å². The Kier molecular flexibility index (Phi) is 4.29. The Labute approximate surface area is 123 Å². The van der Waals surface area contributed by atoms with E-state index in [-0.39, 0.29) is 11.4 Å². The van der Waals surface area contributed by atoms with E-state index in [4.69, 9.17) is 10.5 Å². The van der Waals surface area contributed by atoms with Crippen LogP contribution in [0.1, 0.15) is 22.8 Å². The lowest BCUT2D eigenvalue weighted by molar-refractivity contribution is 0.104. The van der Waals surface area contributed by atoms with Gasteiger partial charge in [0.2, 0.25) is 0 Å². The summed E-state index contributed by atoms with van der Waals surface area (Å²) < 4.78 is 0. The van der Waals surface area contributed by atoms with E-state index in [1.807, 2.05) is 36.4 Å². The molecule has 0 bridgehead atoms. The minimum Gasteiger partial charge on any atom is -0.289 e. The minimum atomic E-state index is -0.163. The van der Waals surface area contributed by atoms with Crippen molar-refractivity contribution < 1.29 is 4.79 Å². The van der Waals surface area contributed by atoms with Crippen LogP contribution in [0.4, 0.5) is 0 Å². The highest BCUT2D eigenvalue weighted by atomic mass is 16.1. The molecule has 1 aliphatic rings. The minimum absolute atomic E-state index is 0.0453. The second-order valence-corrected chi connectivity index (χ2v) is 4.32. The number of nitrogens with zero attached hydrogens (tertiary/aromatic N) is 2. The molecular formula is C18H12N2O. The number of allylic oxidation sites excluding steroid dienone is 4. The number of hydrogen-bond donors (Lipinski definition) is 0.